The average molecular weight is 560 g/mol. The summed E-state index contributed by atoms with van der Waals surface area (Å²) < 4.78 is 12.0. The lowest BCUT2D eigenvalue weighted by Crippen LogP contribution is -3.00. The number of hydrogen-bond acceptors (Lipinski definition) is 4. The molecule has 1 aliphatic heterocycles. The summed E-state index contributed by atoms with van der Waals surface area (Å²) in [5, 5.41) is 9.86. The van der Waals surface area contributed by atoms with Crippen LogP contribution in [0.1, 0.15) is 17.2 Å². The molecule has 2 atom stereocenters. The highest BCUT2D eigenvalue weighted by atomic mass is 127. The van der Waals surface area contributed by atoms with Crippen LogP contribution in [0.3, 0.4) is 0 Å². The molecule has 6 nitrogen and oxygen atoms in total. The van der Waals surface area contributed by atoms with Crippen LogP contribution in [0.15, 0.2) is 78.9 Å². The first kappa shape index (κ1) is 25.0. The quantitative estimate of drug-likeness (QED) is 0.352. The van der Waals surface area contributed by atoms with E-state index in [-0.39, 0.29) is 30.6 Å². The van der Waals surface area contributed by atoms with Crippen molar-refractivity contribution < 1.29 is 43.4 Å². The van der Waals surface area contributed by atoms with E-state index in [9.17, 15) is 9.90 Å². The third-order valence-electron chi connectivity index (χ3n) is 5.63. The fourth-order valence-corrected chi connectivity index (χ4v) is 3.86. The summed E-state index contributed by atoms with van der Waals surface area (Å²) in [5.74, 6) is 0.738. The molecule has 1 aliphatic rings. The van der Waals surface area contributed by atoms with E-state index in [1.165, 1.54) is 0 Å². The highest BCUT2D eigenvalue weighted by molar-refractivity contribution is 5.91. The lowest BCUT2D eigenvalue weighted by atomic mass is 10.0. The number of nitrogens with zero attached hydrogens (tertiary/aromatic N) is 2. The van der Waals surface area contributed by atoms with Crippen molar-refractivity contribution in [3.8, 4) is 5.75 Å². The van der Waals surface area contributed by atoms with Gasteiger partial charge in [-0.1, -0.05) is 42.5 Å². The maximum Gasteiger partial charge on any atom is 0.415 e. The smallest absolute Gasteiger partial charge is 0.415 e. The maximum atomic E-state index is 12.7. The molecule has 3 aromatic rings. The van der Waals surface area contributed by atoms with Crippen LogP contribution in [0.5, 0.6) is 5.75 Å². The first-order valence-electron chi connectivity index (χ1n) is 10.7. The molecule has 33 heavy (non-hydrogen) atoms. The van der Waals surface area contributed by atoms with Gasteiger partial charge in [0.25, 0.3) is 0 Å². The lowest BCUT2D eigenvalue weighted by Gasteiger charge is -2.26. The fraction of sp³-hybridized carbons (Fsp3) is 0.269. The largest absolute Gasteiger partial charge is 1.00 e. The number of rotatable bonds is 7. The van der Waals surface area contributed by atoms with Crippen molar-refractivity contribution in [1.82, 2.24) is 4.48 Å². The molecular weight excluding hydrogens is 531 g/mol. The van der Waals surface area contributed by atoms with E-state index in [2.05, 4.69) is 21.1 Å². The summed E-state index contributed by atoms with van der Waals surface area (Å²) in [7, 11) is 6.27. The molecule has 0 saturated carbocycles. The van der Waals surface area contributed by atoms with Gasteiger partial charge in [0.2, 0.25) is 0 Å². The Hall–Kier alpha value is -2.62. The zero-order valence-electron chi connectivity index (χ0n) is 19.0. The molecule has 0 radical (unpaired) electrons. The second-order valence-corrected chi connectivity index (χ2v) is 8.79. The zero-order chi connectivity index (χ0) is 22.7. The van der Waals surface area contributed by atoms with Crippen LogP contribution in [0.2, 0.25) is 0 Å². The van der Waals surface area contributed by atoms with Gasteiger partial charge in [-0.15, -0.1) is 0 Å². The molecule has 0 aliphatic carbocycles. The van der Waals surface area contributed by atoms with Gasteiger partial charge in [-0.25, -0.2) is 4.79 Å². The Balaban J connectivity index is 0.00000306. The predicted molar refractivity (Wildman–Crippen MR) is 126 cm³/mol. The van der Waals surface area contributed by atoms with Crippen molar-refractivity contribution in [3.63, 3.8) is 0 Å². The number of quaternary nitrogens is 1. The first-order chi connectivity index (χ1) is 15.4. The van der Waals surface area contributed by atoms with Crippen LogP contribution < -0.4 is 38.1 Å². The van der Waals surface area contributed by atoms with Crippen molar-refractivity contribution in [1.29, 1.82) is 0 Å². The molecular formula is C26H29IN2O4. The first-order valence-corrected chi connectivity index (χ1v) is 10.7. The van der Waals surface area contributed by atoms with E-state index in [0.717, 1.165) is 28.3 Å². The highest BCUT2D eigenvalue weighted by Gasteiger charge is 2.43. The van der Waals surface area contributed by atoms with E-state index in [1.807, 2.05) is 78.9 Å². The number of aliphatic hydroxyl groups excluding tert-OH is 1. The summed E-state index contributed by atoms with van der Waals surface area (Å²) in [6.45, 7) is 0.228. The Morgan fingerprint density at radius 1 is 0.939 bits per heavy atom. The molecule has 0 bridgehead atoms. The van der Waals surface area contributed by atoms with Crippen LogP contribution in [0.25, 0.3) is 0 Å². The lowest BCUT2D eigenvalue weighted by molar-refractivity contribution is -0.0000131. The van der Waals surface area contributed by atoms with Crippen molar-refractivity contribution >= 4 is 17.5 Å². The van der Waals surface area contributed by atoms with Gasteiger partial charge in [-0.2, -0.15) is 0 Å². The van der Waals surface area contributed by atoms with Gasteiger partial charge in [-0.3, -0.25) is 9.38 Å². The van der Waals surface area contributed by atoms with Crippen molar-refractivity contribution in [2.75, 3.05) is 32.6 Å². The number of ether oxygens (including phenoxy) is 2. The van der Waals surface area contributed by atoms with E-state index in [4.69, 9.17) is 9.47 Å². The molecule has 0 aromatic heterocycles. The standard InChI is InChI=1S/C26H29N2O4.HI/c1-28(2,3)22-13-11-21(12-14-22)27-25(24(17-29)32-26(27)30)20-9-15-23(16-10-20)31-18-19-7-5-4-6-8-19;/h4-16,24-25,29H,17-18H2,1-3H3;1H/q+1;/p-1/t24-,25-;/m1./s1. The molecule has 1 saturated heterocycles. The highest BCUT2D eigenvalue weighted by Crippen LogP contribution is 2.38. The number of cyclic esters (lactones) is 1. The Bertz CT molecular complexity index is 1050. The molecule has 1 N–H and O–H groups in total. The molecule has 0 unspecified atom stereocenters. The molecule has 7 heteroatoms. The molecule has 174 valence electrons. The van der Waals surface area contributed by atoms with Crippen LogP contribution in [0, 0.1) is 0 Å². The van der Waals surface area contributed by atoms with E-state index >= 15 is 0 Å². The molecule has 1 amide bonds. The third-order valence-corrected chi connectivity index (χ3v) is 5.63. The third kappa shape index (κ3) is 5.66. The predicted octanol–water partition coefficient (Wildman–Crippen LogP) is 1.53. The summed E-state index contributed by atoms with van der Waals surface area (Å²) in [5.41, 5.74) is 3.82. The Morgan fingerprint density at radius 3 is 2.15 bits per heavy atom. The number of amides is 1. The second kappa shape index (κ2) is 10.5. The van der Waals surface area contributed by atoms with Crippen molar-refractivity contribution in [2.24, 2.45) is 0 Å². The summed E-state index contributed by atoms with van der Waals surface area (Å²) in [6.07, 6.45) is -1.10. The van der Waals surface area contributed by atoms with Gasteiger partial charge in [0.15, 0.2) is 6.10 Å². The SMILES string of the molecule is C[N+](C)(C)c1ccc(N2C(=O)O[C@H](CO)[C@H]2c2ccc(OCc3ccccc3)cc2)cc1.[I-]. The zero-order valence-corrected chi connectivity index (χ0v) is 21.2. The number of benzene rings is 3. The van der Waals surface area contributed by atoms with Gasteiger partial charge >= 0.3 is 6.09 Å². The fourth-order valence-electron chi connectivity index (χ4n) is 3.86. The summed E-state index contributed by atoms with van der Waals surface area (Å²) in [4.78, 5) is 14.3. The number of aliphatic hydroxyl groups is 1. The van der Waals surface area contributed by atoms with Crippen LogP contribution in [-0.2, 0) is 11.3 Å². The van der Waals surface area contributed by atoms with Gasteiger partial charge in [-0.05, 0) is 35.4 Å². The molecule has 0 spiro atoms. The monoisotopic (exact) mass is 560 g/mol. The Labute approximate surface area is 212 Å². The minimum absolute atomic E-state index is 0. The van der Waals surface area contributed by atoms with Gasteiger partial charge in [0.1, 0.15) is 24.1 Å². The maximum absolute atomic E-state index is 12.7. The minimum Gasteiger partial charge on any atom is -1.00 e. The van der Waals surface area contributed by atoms with E-state index in [1.54, 1.807) is 4.90 Å². The number of hydrogen-bond donors (Lipinski definition) is 1. The summed E-state index contributed by atoms with van der Waals surface area (Å²) in [6, 6.07) is 25.0. The van der Waals surface area contributed by atoms with Crippen LogP contribution in [0.4, 0.5) is 16.2 Å². The van der Waals surface area contributed by atoms with Crippen LogP contribution >= 0.6 is 0 Å². The van der Waals surface area contributed by atoms with Gasteiger partial charge in [0, 0.05) is 17.8 Å². The second-order valence-electron chi connectivity index (χ2n) is 8.79. The minimum atomic E-state index is -0.642. The normalized spacial score (nSPS) is 17.9. The number of anilines is 1. The Kier molecular flexibility index (Phi) is 7.99. The topological polar surface area (TPSA) is 59.0 Å². The Morgan fingerprint density at radius 2 is 1.58 bits per heavy atom. The van der Waals surface area contributed by atoms with Gasteiger partial charge < -0.3 is 38.6 Å². The van der Waals surface area contributed by atoms with Crippen molar-refractivity contribution in [2.45, 2.75) is 18.8 Å². The number of halogens is 1. The molecule has 4 rings (SSSR count). The van der Waals surface area contributed by atoms with Crippen LogP contribution in [-0.4, -0.2) is 45.1 Å². The van der Waals surface area contributed by atoms with E-state index < -0.39 is 18.2 Å². The van der Waals surface area contributed by atoms with Crippen molar-refractivity contribution in [3.05, 3.63) is 90.0 Å². The average Bonchev–Trinajstić information content (AvgIpc) is 3.14. The number of carbonyl (C=O) groups excluding carboxylic acids is 1. The summed E-state index contributed by atoms with van der Waals surface area (Å²) >= 11 is 0. The molecule has 3 aromatic carbocycles. The number of carbonyl (C=O) groups is 1. The molecule has 1 heterocycles. The molecule has 1 fully saturated rings. The van der Waals surface area contributed by atoms with Gasteiger partial charge in [0.05, 0.1) is 27.7 Å². The van der Waals surface area contributed by atoms with E-state index in [0.29, 0.717) is 11.1 Å².